The average Bonchev–Trinajstić information content (AvgIpc) is 3.21. The Labute approximate surface area is 192 Å². The van der Waals surface area contributed by atoms with Gasteiger partial charge in [-0.2, -0.15) is 0 Å². The van der Waals surface area contributed by atoms with E-state index in [4.69, 9.17) is 0 Å². The zero-order valence-corrected chi connectivity index (χ0v) is 18.5. The molecule has 0 aliphatic rings. The van der Waals surface area contributed by atoms with Gasteiger partial charge in [-0.25, -0.2) is 9.37 Å². The van der Waals surface area contributed by atoms with Crippen molar-refractivity contribution in [2.45, 2.75) is 6.92 Å². The minimum absolute atomic E-state index is 0.260. The Morgan fingerprint density at radius 2 is 1.79 bits per heavy atom. The largest absolute Gasteiger partial charge is 0.327 e. The maximum absolute atomic E-state index is 13.2. The van der Waals surface area contributed by atoms with Crippen LogP contribution in [-0.4, -0.2) is 15.5 Å². The van der Waals surface area contributed by atoms with Gasteiger partial charge in [0, 0.05) is 23.9 Å². The van der Waals surface area contributed by atoms with E-state index in [1.807, 2.05) is 79.3 Å². The molecule has 0 aliphatic carbocycles. The molecular formula is C28H24FN3O. The molecule has 33 heavy (non-hydrogen) atoms. The summed E-state index contributed by atoms with van der Waals surface area (Å²) in [5.74, 6) is 0.154. The second kappa shape index (κ2) is 9.49. The van der Waals surface area contributed by atoms with Gasteiger partial charge < -0.3 is 9.88 Å². The van der Waals surface area contributed by atoms with Crippen LogP contribution in [-0.2, 0) is 7.05 Å². The Balaban J connectivity index is 1.70. The van der Waals surface area contributed by atoms with Gasteiger partial charge in [0.1, 0.15) is 11.6 Å². The fraction of sp³-hybridized carbons (Fsp3) is 0.0714. The van der Waals surface area contributed by atoms with Gasteiger partial charge in [0.25, 0.3) is 5.91 Å². The maximum Gasteiger partial charge on any atom is 0.255 e. The van der Waals surface area contributed by atoms with Crippen LogP contribution in [0.2, 0.25) is 0 Å². The summed E-state index contributed by atoms with van der Waals surface area (Å²) in [6, 6.07) is 21.5. The number of imidazole rings is 1. The summed E-state index contributed by atoms with van der Waals surface area (Å²) in [5, 5.41) is 2.84. The number of hydrogen-bond donors (Lipinski definition) is 1. The third-order valence-corrected chi connectivity index (χ3v) is 5.48. The minimum Gasteiger partial charge on any atom is -0.327 e. The minimum atomic E-state index is -0.352. The van der Waals surface area contributed by atoms with E-state index < -0.39 is 0 Å². The highest BCUT2D eigenvalue weighted by atomic mass is 19.1. The number of aryl methyl sites for hydroxylation is 1. The molecule has 0 aliphatic heterocycles. The molecule has 4 rings (SSSR count). The van der Waals surface area contributed by atoms with Gasteiger partial charge in [0.2, 0.25) is 0 Å². The van der Waals surface area contributed by atoms with E-state index in [0.717, 1.165) is 33.8 Å². The van der Waals surface area contributed by atoms with E-state index >= 15 is 0 Å². The Morgan fingerprint density at radius 1 is 1.06 bits per heavy atom. The highest BCUT2D eigenvalue weighted by molar-refractivity contribution is 6.06. The fourth-order valence-corrected chi connectivity index (χ4v) is 3.72. The molecule has 1 heterocycles. The van der Waals surface area contributed by atoms with Gasteiger partial charge >= 0.3 is 0 Å². The smallest absolute Gasteiger partial charge is 0.255 e. The molecule has 0 radical (unpaired) electrons. The summed E-state index contributed by atoms with van der Waals surface area (Å²) in [4.78, 5) is 17.7. The van der Waals surface area contributed by atoms with Gasteiger partial charge in [-0.15, -0.1) is 0 Å². The molecule has 0 saturated carbocycles. The molecule has 0 fully saturated rings. The molecule has 5 heteroatoms. The van der Waals surface area contributed by atoms with Crippen molar-refractivity contribution in [2.75, 3.05) is 5.32 Å². The predicted octanol–water partition coefficient (Wildman–Crippen LogP) is 6.40. The van der Waals surface area contributed by atoms with Crippen molar-refractivity contribution < 1.29 is 9.18 Å². The Morgan fingerprint density at radius 3 is 2.48 bits per heavy atom. The molecule has 0 bridgehead atoms. The third kappa shape index (κ3) is 4.67. The van der Waals surface area contributed by atoms with E-state index in [2.05, 4.69) is 16.9 Å². The monoisotopic (exact) mass is 437 g/mol. The zero-order valence-electron chi connectivity index (χ0n) is 18.5. The molecular weight excluding hydrogens is 413 g/mol. The number of halogens is 1. The van der Waals surface area contributed by atoms with Crippen LogP contribution >= 0.6 is 0 Å². The molecule has 0 unspecified atom stereocenters. The van der Waals surface area contributed by atoms with E-state index in [-0.39, 0.29) is 11.7 Å². The van der Waals surface area contributed by atoms with Crippen LogP contribution < -0.4 is 5.32 Å². The highest BCUT2D eigenvalue weighted by Gasteiger charge is 2.17. The van der Waals surface area contributed by atoms with Crippen molar-refractivity contribution in [3.63, 3.8) is 0 Å². The summed E-state index contributed by atoms with van der Waals surface area (Å²) in [6.45, 7) is 5.74. The second-order valence-electron chi connectivity index (χ2n) is 7.70. The molecule has 1 N–H and O–H groups in total. The lowest BCUT2D eigenvalue weighted by molar-refractivity contribution is 0.102. The molecule has 0 atom stereocenters. The quantitative estimate of drug-likeness (QED) is 0.355. The number of amides is 1. The summed E-state index contributed by atoms with van der Waals surface area (Å²) in [5.41, 5.74) is 5.65. The van der Waals surface area contributed by atoms with Crippen LogP contribution in [0, 0.1) is 12.7 Å². The first kappa shape index (κ1) is 22.0. The standard InChI is InChI=1S/C28H24FN3O/c1-4-8-24(27-30-18-26(32(27)3)20-9-6-5-7-10-20)21-12-11-19(2)25(17-21)28(33)31-23-15-13-22(29)14-16-23/h4-18H,1H2,2-3H3,(H,31,33)/b24-8-. The summed E-state index contributed by atoms with van der Waals surface area (Å²) in [7, 11) is 1.97. The molecule has 3 aromatic carbocycles. The molecule has 164 valence electrons. The lowest BCUT2D eigenvalue weighted by Crippen LogP contribution is -2.14. The van der Waals surface area contributed by atoms with Crippen LogP contribution in [0.3, 0.4) is 0 Å². The van der Waals surface area contributed by atoms with Gasteiger partial charge in [-0.3, -0.25) is 4.79 Å². The van der Waals surface area contributed by atoms with Gasteiger partial charge in [0.15, 0.2) is 0 Å². The molecule has 0 spiro atoms. The van der Waals surface area contributed by atoms with Crippen LogP contribution in [0.25, 0.3) is 16.8 Å². The number of nitrogens with one attached hydrogen (secondary N) is 1. The number of carbonyl (C=O) groups is 1. The lowest BCUT2D eigenvalue weighted by atomic mass is 9.98. The van der Waals surface area contributed by atoms with E-state index in [1.165, 1.54) is 24.3 Å². The topological polar surface area (TPSA) is 46.9 Å². The summed E-state index contributed by atoms with van der Waals surface area (Å²) < 4.78 is 15.2. The van der Waals surface area contributed by atoms with Crippen molar-refractivity contribution in [1.82, 2.24) is 9.55 Å². The van der Waals surface area contributed by atoms with Gasteiger partial charge in [-0.1, -0.05) is 61.2 Å². The summed E-state index contributed by atoms with van der Waals surface area (Å²) >= 11 is 0. The first-order valence-electron chi connectivity index (χ1n) is 10.6. The van der Waals surface area contributed by atoms with Crippen molar-refractivity contribution in [3.8, 4) is 11.3 Å². The molecule has 1 aromatic heterocycles. The lowest BCUT2D eigenvalue weighted by Gasteiger charge is -2.13. The number of benzene rings is 3. The average molecular weight is 438 g/mol. The number of carbonyl (C=O) groups excluding carboxylic acids is 1. The highest BCUT2D eigenvalue weighted by Crippen LogP contribution is 2.28. The molecule has 4 nitrogen and oxygen atoms in total. The third-order valence-electron chi connectivity index (χ3n) is 5.48. The number of nitrogens with zero attached hydrogens (tertiary/aromatic N) is 2. The number of aromatic nitrogens is 2. The number of anilines is 1. The Bertz CT molecular complexity index is 1340. The SMILES string of the molecule is C=C/C=C(/c1ccc(C)c(C(=O)Nc2ccc(F)cc2)c1)c1ncc(-c2ccccc2)n1C. The van der Waals surface area contributed by atoms with Gasteiger partial charge in [0.05, 0.1) is 11.9 Å². The van der Waals surface area contributed by atoms with Crippen molar-refractivity contribution >= 4 is 17.2 Å². The van der Waals surface area contributed by atoms with Crippen LogP contribution in [0.5, 0.6) is 0 Å². The molecule has 0 saturated heterocycles. The van der Waals surface area contributed by atoms with Crippen LogP contribution in [0.1, 0.15) is 27.3 Å². The Kier molecular flexibility index (Phi) is 6.31. The first-order valence-corrected chi connectivity index (χ1v) is 10.6. The van der Waals surface area contributed by atoms with E-state index in [1.54, 1.807) is 6.08 Å². The van der Waals surface area contributed by atoms with Crippen molar-refractivity contribution in [2.24, 2.45) is 7.05 Å². The molecule has 1 amide bonds. The first-order chi connectivity index (χ1) is 16.0. The number of rotatable bonds is 6. The van der Waals surface area contributed by atoms with Crippen molar-refractivity contribution in [1.29, 1.82) is 0 Å². The maximum atomic E-state index is 13.2. The van der Waals surface area contributed by atoms with Crippen LogP contribution in [0.4, 0.5) is 10.1 Å². The molecule has 4 aromatic rings. The van der Waals surface area contributed by atoms with E-state index in [9.17, 15) is 9.18 Å². The zero-order chi connectivity index (χ0) is 23.4. The van der Waals surface area contributed by atoms with E-state index in [0.29, 0.717) is 11.3 Å². The Hall–Kier alpha value is -4.25. The normalized spacial score (nSPS) is 11.3. The number of hydrogen-bond acceptors (Lipinski definition) is 2. The van der Waals surface area contributed by atoms with Gasteiger partial charge in [-0.05, 0) is 53.9 Å². The predicted molar refractivity (Wildman–Crippen MR) is 131 cm³/mol. The van der Waals surface area contributed by atoms with Crippen molar-refractivity contribution in [3.05, 3.63) is 126 Å². The second-order valence-corrected chi connectivity index (χ2v) is 7.70. The van der Waals surface area contributed by atoms with Crippen LogP contribution in [0.15, 0.2) is 97.7 Å². The number of allylic oxidation sites excluding steroid dienone is 2. The fourth-order valence-electron chi connectivity index (χ4n) is 3.72. The summed E-state index contributed by atoms with van der Waals surface area (Å²) in [6.07, 6.45) is 5.45.